The number of nitrogens with zero attached hydrogens (tertiary/aromatic N) is 1. The van der Waals surface area contributed by atoms with Crippen LogP contribution < -0.4 is 10.1 Å². The van der Waals surface area contributed by atoms with Crippen molar-refractivity contribution in [2.24, 2.45) is 0 Å². The van der Waals surface area contributed by atoms with Gasteiger partial charge >= 0.3 is 12.2 Å². The molecule has 0 atom stereocenters. The summed E-state index contributed by atoms with van der Waals surface area (Å²) in [6, 6.07) is 8.51. The lowest BCUT2D eigenvalue weighted by Gasteiger charge is -2.29. The number of carbonyl (C=O) groups excluding carboxylic acids is 1. The van der Waals surface area contributed by atoms with Crippen molar-refractivity contribution in [2.45, 2.75) is 19.1 Å². The van der Waals surface area contributed by atoms with Crippen LogP contribution in [0.1, 0.15) is 16.7 Å². The molecule has 26 heavy (non-hydrogen) atoms. The number of ether oxygens (including phenoxy) is 1. The van der Waals surface area contributed by atoms with Crippen LogP contribution in [0.5, 0.6) is 5.75 Å². The lowest BCUT2D eigenvalue weighted by molar-refractivity contribution is -0.137. The van der Waals surface area contributed by atoms with E-state index in [2.05, 4.69) is 5.32 Å². The molecule has 2 aromatic carbocycles. The highest BCUT2D eigenvalue weighted by atomic mass is 35.5. The second-order valence-corrected chi connectivity index (χ2v) is 6.34. The zero-order chi connectivity index (χ0) is 18.9. The molecule has 0 aromatic heterocycles. The van der Waals surface area contributed by atoms with Gasteiger partial charge in [0.05, 0.1) is 17.7 Å². The van der Waals surface area contributed by atoms with Crippen molar-refractivity contribution in [1.82, 2.24) is 4.90 Å². The minimum atomic E-state index is -4.58. The molecule has 1 N–H and O–H groups in total. The van der Waals surface area contributed by atoms with E-state index < -0.39 is 22.8 Å². The molecule has 3 rings (SSSR count). The third-order valence-electron chi connectivity index (χ3n) is 4.24. The molecular weight excluding hydrogens is 369 g/mol. The predicted octanol–water partition coefficient (Wildman–Crippen LogP) is 4.96. The maximum Gasteiger partial charge on any atom is 0.417 e. The molecule has 2 aromatic rings. The SMILES string of the molecule is COc1ccc2c(c1)CN(C(=O)Nc1ccc(Cl)c(C(F)(F)F)c1)CC2. The molecule has 1 heterocycles. The van der Waals surface area contributed by atoms with Crippen LogP contribution >= 0.6 is 11.6 Å². The van der Waals surface area contributed by atoms with Crippen molar-refractivity contribution in [2.75, 3.05) is 19.0 Å². The number of carbonyl (C=O) groups is 1. The van der Waals surface area contributed by atoms with E-state index >= 15 is 0 Å². The summed E-state index contributed by atoms with van der Waals surface area (Å²) in [5.41, 5.74) is 1.15. The summed E-state index contributed by atoms with van der Waals surface area (Å²) < 4.78 is 44.0. The van der Waals surface area contributed by atoms with E-state index in [0.29, 0.717) is 25.3 Å². The zero-order valence-corrected chi connectivity index (χ0v) is 14.6. The standard InChI is InChI=1S/C18H16ClF3N2O2/c1-26-14-4-2-11-6-7-24(10-12(11)8-14)17(25)23-13-3-5-16(19)15(9-13)18(20,21)22/h2-5,8-9H,6-7,10H2,1H3,(H,23,25). The van der Waals surface area contributed by atoms with Crippen LogP contribution in [-0.2, 0) is 19.1 Å². The fourth-order valence-corrected chi connectivity index (χ4v) is 3.08. The minimum Gasteiger partial charge on any atom is -0.497 e. The number of methoxy groups -OCH3 is 1. The number of anilines is 1. The summed E-state index contributed by atoms with van der Waals surface area (Å²) in [5.74, 6) is 0.693. The Balaban J connectivity index is 1.75. The Morgan fingerprint density at radius 2 is 1.96 bits per heavy atom. The zero-order valence-electron chi connectivity index (χ0n) is 13.9. The van der Waals surface area contributed by atoms with Crippen LogP contribution in [0.4, 0.5) is 23.7 Å². The van der Waals surface area contributed by atoms with Crippen molar-refractivity contribution < 1.29 is 22.7 Å². The Labute approximate surface area is 153 Å². The number of fused-ring (bicyclic) bond motifs is 1. The molecule has 1 aliphatic rings. The van der Waals surface area contributed by atoms with Crippen molar-refractivity contribution in [3.05, 3.63) is 58.1 Å². The largest absolute Gasteiger partial charge is 0.497 e. The number of benzene rings is 2. The highest BCUT2D eigenvalue weighted by molar-refractivity contribution is 6.31. The first kappa shape index (κ1) is 18.4. The van der Waals surface area contributed by atoms with Crippen molar-refractivity contribution in [3.8, 4) is 5.75 Å². The first-order chi connectivity index (χ1) is 12.3. The first-order valence-corrected chi connectivity index (χ1v) is 8.24. The molecule has 0 fully saturated rings. The van der Waals surface area contributed by atoms with E-state index in [1.54, 1.807) is 12.0 Å². The maximum absolute atomic E-state index is 12.9. The molecule has 1 aliphatic heterocycles. The number of rotatable bonds is 2. The third-order valence-corrected chi connectivity index (χ3v) is 4.57. The predicted molar refractivity (Wildman–Crippen MR) is 92.6 cm³/mol. The molecule has 0 radical (unpaired) electrons. The highest BCUT2D eigenvalue weighted by Crippen LogP contribution is 2.36. The molecule has 0 saturated heterocycles. The number of urea groups is 1. The molecule has 0 spiro atoms. The fraction of sp³-hybridized carbons (Fsp3) is 0.278. The van der Waals surface area contributed by atoms with Gasteiger partial charge in [0.25, 0.3) is 0 Å². The van der Waals surface area contributed by atoms with Crippen LogP contribution in [0, 0.1) is 0 Å². The molecule has 138 valence electrons. The van der Waals surface area contributed by atoms with Gasteiger partial charge in [0.1, 0.15) is 5.75 Å². The fourth-order valence-electron chi connectivity index (χ4n) is 2.86. The Kier molecular flexibility index (Phi) is 5.00. The first-order valence-electron chi connectivity index (χ1n) is 7.86. The van der Waals surface area contributed by atoms with E-state index in [1.807, 2.05) is 18.2 Å². The summed E-state index contributed by atoms with van der Waals surface area (Å²) in [6.07, 6.45) is -3.92. The van der Waals surface area contributed by atoms with Gasteiger partial charge in [-0.05, 0) is 47.9 Å². The maximum atomic E-state index is 12.9. The summed E-state index contributed by atoms with van der Waals surface area (Å²) in [4.78, 5) is 14.0. The normalized spacial score (nSPS) is 14.0. The number of amides is 2. The monoisotopic (exact) mass is 384 g/mol. The molecule has 0 aliphatic carbocycles. The summed E-state index contributed by atoms with van der Waals surface area (Å²) in [5, 5.41) is 2.10. The second kappa shape index (κ2) is 7.07. The number of hydrogen-bond acceptors (Lipinski definition) is 2. The summed E-state index contributed by atoms with van der Waals surface area (Å²) in [6.45, 7) is 0.836. The molecule has 2 amide bonds. The van der Waals surface area contributed by atoms with Crippen LogP contribution in [0.3, 0.4) is 0 Å². The Morgan fingerprint density at radius 3 is 2.65 bits per heavy atom. The molecule has 0 saturated carbocycles. The van der Waals surface area contributed by atoms with Gasteiger partial charge < -0.3 is 15.0 Å². The van der Waals surface area contributed by atoms with E-state index in [4.69, 9.17) is 16.3 Å². The van der Waals surface area contributed by atoms with Crippen molar-refractivity contribution in [3.63, 3.8) is 0 Å². The van der Waals surface area contributed by atoms with Gasteiger partial charge in [0.15, 0.2) is 0 Å². The van der Waals surface area contributed by atoms with Crippen molar-refractivity contribution >= 4 is 23.3 Å². The van der Waals surface area contributed by atoms with Gasteiger partial charge in [-0.15, -0.1) is 0 Å². The van der Waals surface area contributed by atoms with Gasteiger partial charge in [-0.2, -0.15) is 13.2 Å². The van der Waals surface area contributed by atoms with Crippen LogP contribution in [-0.4, -0.2) is 24.6 Å². The molecule has 0 bridgehead atoms. The number of halogens is 4. The van der Waals surface area contributed by atoms with E-state index in [0.717, 1.165) is 23.3 Å². The molecule has 4 nitrogen and oxygen atoms in total. The van der Waals surface area contributed by atoms with Gasteiger partial charge in [-0.1, -0.05) is 17.7 Å². The van der Waals surface area contributed by atoms with E-state index in [9.17, 15) is 18.0 Å². The number of nitrogens with one attached hydrogen (secondary N) is 1. The van der Waals surface area contributed by atoms with E-state index in [-0.39, 0.29) is 5.69 Å². The summed E-state index contributed by atoms with van der Waals surface area (Å²) >= 11 is 5.60. The average molecular weight is 385 g/mol. The average Bonchev–Trinajstić information content (AvgIpc) is 2.61. The Bertz CT molecular complexity index is 840. The lowest BCUT2D eigenvalue weighted by Crippen LogP contribution is -2.38. The van der Waals surface area contributed by atoms with Crippen LogP contribution in [0.15, 0.2) is 36.4 Å². The smallest absolute Gasteiger partial charge is 0.417 e. The molecule has 8 heteroatoms. The van der Waals surface area contributed by atoms with Crippen molar-refractivity contribution in [1.29, 1.82) is 0 Å². The van der Waals surface area contributed by atoms with Gasteiger partial charge in [0.2, 0.25) is 0 Å². The lowest BCUT2D eigenvalue weighted by atomic mass is 10.00. The van der Waals surface area contributed by atoms with Gasteiger partial charge in [-0.25, -0.2) is 4.79 Å². The molecular formula is C18H16ClF3N2O2. The quantitative estimate of drug-likeness (QED) is 0.795. The van der Waals surface area contributed by atoms with Crippen LogP contribution in [0.2, 0.25) is 5.02 Å². The van der Waals surface area contributed by atoms with E-state index in [1.165, 1.54) is 6.07 Å². The van der Waals surface area contributed by atoms with Crippen LogP contribution in [0.25, 0.3) is 0 Å². The number of hydrogen-bond donors (Lipinski definition) is 1. The topological polar surface area (TPSA) is 41.6 Å². The van der Waals surface area contributed by atoms with Gasteiger partial charge in [-0.3, -0.25) is 0 Å². The molecule has 0 unspecified atom stereocenters. The Morgan fingerprint density at radius 1 is 1.19 bits per heavy atom. The highest BCUT2D eigenvalue weighted by Gasteiger charge is 2.33. The minimum absolute atomic E-state index is 0.0446. The number of alkyl halides is 3. The van der Waals surface area contributed by atoms with Gasteiger partial charge in [0, 0.05) is 18.8 Å². The third kappa shape index (κ3) is 3.88. The summed E-state index contributed by atoms with van der Waals surface area (Å²) in [7, 11) is 1.56. The Hall–Kier alpha value is -2.41. The second-order valence-electron chi connectivity index (χ2n) is 5.93.